The molecule has 1 aliphatic rings. The van der Waals surface area contributed by atoms with Gasteiger partial charge in [0, 0.05) is 49.4 Å². The van der Waals surface area contributed by atoms with E-state index < -0.39 is 28.2 Å². The number of benzene rings is 3. The number of nitrogens with one attached hydrogen (secondary N) is 2. The molecule has 2 heterocycles. The van der Waals surface area contributed by atoms with Crippen LogP contribution in [0.2, 0.25) is 0 Å². The van der Waals surface area contributed by atoms with Gasteiger partial charge < -0.3 is 29.9 Å². The number of anilines is 2. The van der Waals surface area contributed by atoms with Gasteiger partial charge in [-0.1, -0.05) is 43.3 Å². The lowest BCUT2D eigenvalue weighted by Crippen LogP contribution is -2.48. The van der Waals surface area contributed by atoms with Crippen LogP contribution in [0, 0.1) is 5.92 Å². The van der Waals surface area contributed by atoms with Crippen LogP contribution in [-0.2, 0) is 28.3 Å². The van der Waals surface area contributed by atoms with Crippen LogP contribution in [0.5, 0.6) is 5.75 Å². The maximum atomic E-state index is 13.5. The minimum absolute atomic E-state index is 0.0114. The van der Waals surface area contributed by atoms with Gasteiger partial charge in [-0.2, -0.15) is 4.31 Å². The first-order valence-electron chi connectivity index (χ1n) is 14.7. The fourth-order valence-corrected chi connectivity index (χ4v) is 6.52. The first kappa shape index (κ1) is 31.9. The summed E-state index contributed by atoms with van der Waals surface area (Å²) in [7, 11) is -0.749. The third-order valence-electron chi connectivity index (χ3n) is 8.01. The maximum Gasteiger partial charge on any atom is 0.323 e. The number of amides is 3. The second-order valence-corrected chi connectivity index (χ2v) is 13.5. The standard InChI is InChI=1S/C32H38N6O6S/c1-21-16-38(22(2)19-39)31(40)15-24-14-25(34-32(41)35-27-11-7-9-23-8-5-6-10-26(23)27)12-13-28(24)44-29(21)17-37(4)45(42,43)30-18-36(3)20-33-30/h5-14,18,20-22,29,39H,15-17,19H2,1-4H3,(H2,34,35,41)/t21-,22-,29+/m1/s1. The van der Waals surface area contributed by atoms with Crippen molar-refractivity contribution in [1.29, 1.82) is 0 Å². The highest BCUT2D eigenvalue weighted by Crippen LogP contribution is 2.30. The molecule has 3 amide bonds. The number of carbonyl (C=O) groups excluding carboxylic acids is 2. The highest BCUT2D eigenvalue weighted by Gasteiger charge is 2.34. The second kappa shape index (κ2) is 13.3. The van der Waals surface area contributed by atoms with Crippen molar-refractivity contribution < 1.29 is 27.9 Å². The molecule has 3 atom stereocenters. The number of ether oxygens (including phenoxy) is 1. The predicted molar refractivity (Wildman–Crippen MR) is 172 cm³/mol. The first-order chi connectivity index (χ1) is 21.5. The van der Waals surface area contributed by atoms with Gasteiger partial charge in [-0.15, -0.1) is 0 Å². The van der Waals surface area contributed by atoms with E-state index in [1.54, 1.807) is 41.6 Å². The molecular weight excluding hydrogens is 596 g/mol. The van der Waals surface area contributed by atoms with Crippen molar-refractivity contribution in [2.45, 2.75) is 37.4 Å². The fraction of sp³-hybridized carbons (Fsp3) is 0.344. The monoisotopic (exact) mass is 634 g/mol. The first-order valence-corrected chi connectivity index (χ1v) is 16.1. The van der Waals surface area contributed by atoms with Crippen molar-refractivity contribution in [3.63, 3.8) is 0 Å². The summed E-state index contributed by atoms with van der Waals surface area (Å²) in [5, 5.41) is 17.5. The van der Waals surface area contributed by atoms with E-state index >= 15 is 0 Å². The van der Waals surface area contributed by atoms with Crippen molar-refractivity contribution in [2.24, 2.45) is 13.0 Å². The second-order valence-electron chi connectivity index (χ2n) is 11.5. The smallest absolute Gasteiger partial charge is 0.323 e. The zero-order valence-corrected chi connectivity index (χ0v) is 26.5. The van der Waals surface area contributed by atoms with Crippen LogP contribution in [-0.4, -0.2) is 83.1 Å². The van der Waals surface area contributed by atoms with Crippen LogP contribution < -0.4 is 15.4 Å². The number of fused-ring (bicyclic) bond motifs is 2. The minimum atomic E-state index is -3.91. The van der Waals surface area contributed by atoms with Gasteiger partial charge in [0.2, 0.25) is 5.91 Å². The Morgan fingerprint density at radius 3 is 2.64 bits per heavy atom. The predicted octanol–water partition coefficient (Wildman–Crippen LogP) is 3.69. The summed E-state index contributed by atoms with van der Waals surface area (Å²) in [6.45, 7) is 3.64. The Morgan fingerprint density at radius 1 is 1.16 bits per heavy atom. The summed E-state index contributed by atoms with van der Waals surface area (Å²) in [5.74, 6) is -0.123. The number of hydrogen-bond donors (Lipinski definition) is 3. The van der Waals surface area contributed by atoms with Crippen LogP contribution in [0.4, 0.5) is 16.2 Å². The highest BCUT2D eigenvalue weighted by molar-refractivity contribution is 7.89. The lowest BCUT2D eigenvalue weighted by molar-refractivity contribution is -0.134. The number of imidazole rings is 1. The van der Waals surface area contributed by atoms with Crippen molar-refractivity contribution >= 4 is 44.1 Å². The van der Waals surface area contributed by atoms with E-state index in [-0.39, 0.29) is 43.0 Å². The quantitative estimate of drug-likeness (QED) is 0.268. The number of urea groups is 1. The Kier molecular flexibility index (Phi) is 9.42. The number of carbonyl (C=O) groups is 2. The number of aryl methyl sites for hydroxylation is 1. The Balaban J connectivity index is 1.41. The van der Waals surface area contributed by atoms with Gasteiger partial charge in [0.25, 0.3) is 10.0 Å². The molecule has 3 aromatic carbocycles. The van der Waals surface area contributed by atoms with Crippen LogP contribution in [0.15, 0.2) is 78.2 Å². The van der Waals surface area contributed by atoms with Gasteiger partial charge in [0.05, 0.1) is 37.6 Å². The molecule has 0 fully saturated rings. The molecule has 3 N–H and O–H groups in total. The summed E-state index contributed by atoms with van der Waals surface area (Å²) in [4.78, 5) is 32.2. The molecule has 1 aromatic heterocycles. The van der Waals surface area contributed by atoms with E-state index in [0.29, 0.717) is 22.7 Å². The Hall–Kier alpha value is -4.46. The number of hydrogen-bond acceptors (Lipinski definition) is 7. The topological polar surface area (TPSA) is 146 Å². The van der Waals surface area contributed by atoms with Gasteiger partial charge in [0.1, 0.15) is 11.9 Å². The highest BCUT2D eigenvalue weighted by atomic mass is 32.2. The number of aromatic nitrogens is 2. The molecule has 0 aliphatic carbocycles. The van der Waals surface area contributed by atoms with Crippen molar-refractivity contribution in [2.75, 3.05) is 37.4 Å². The zero-order valence-electron chi connectivity index (χ0n) is 25.7. The van der Waals surface area contributed by atoms with Crippen molar-refractivity contribution in [3.8, 4) is 5.75 Å². The normalized spacial score (nSPS) is 18.0. The Morgan fingerprint density at radius 2 is 1.91 bits per heavy atom. The molecule has 0 spiro atoms. The molecule has 0 radical (unpaired) electrons. The van der Waals surface area contributed by atoms with Gasteiger partial charge in [0.15, 0.2) is 5.03 Å². The number of likely N-dealkylation sites (N-methyl/N-ethyl adjacent to an activating group) is 1. The number of aliphatic hydroxyl groups is 1. The van der Waals surface area contributed by atoms with Gasteiger partial charge in [-0.3, -0.25) is 4.79 Å². The van der Waals surface area contributed by atoms with Gasteiger partial charge >= 0.3 is 6.03 Å². The SMILES string of the molecule is C[C@@H]1CN([C@H](C)CO)C(=O)Cc2cc(NC(=O)Nc3cccc4ccccc34)ccc2O[C@H]1CN(C)S(=O)(=O)c1cn(C)cn1. The number of nitrogens with zero attached hydrogens (tertiary/aromatic N) is 4. The molecule has 13 heteroatoms. The van der Waals surface area contributed by atoms with E-state index in [4.69, 9.17) is 4.74 Å². The van der Waals surface area contributed by atoms with E-state index in [2.05, 4.69) is 15.6 Å². The van der Waals surface area contributed by atoms with E-state index in [9.17, 15) is 23.1 Å². The van der Waals surface area contributed by atoms with E-state index in [1.165, 1.54) is 23.9 Å². The molecule has 0 unspecified atom stereocenters. The third-order valence-corrected chi connectivity index (χ3v) is 9.71. The van der Waals surface area contributed by atoms with Crippen LogP contribution in [0.25, 0.3) is 10.8 Å². The number of sulfonamides is 1. The molecule has 0 saturated carbocycles. The third kappa shape index (κ3) is 7.11. The van der Waals surface area contributed by atoms with E-state index in [1.807, 2.05) is 49.4 Å². The summed E-state index contributed by atoms with van der Waals surface area (Å²) >= 11 is 0. The molecule has 45 heavy (non-hydrogen) atoms. The molecule has 1 aliphatic heterocycles. The summed E-state index contributed by atoms with van der Waals surface area (Å²) in [6.07, 6.45) is 2.16. The molecule has 0 bridgehead atoms. The molecule has 4 aromatic rings. The summed E-state index contributed by atoms with van der Waals surface area (Å²) < 4.78 is 35.7. The molecular formula is C32H38N6O6S. The van der Waals surface area contributed by atoms with Crippen molar-refractivity contribution in [3.05, 3.63) is 78.8 Å². The van der Waals surface area contributed by atoms with Crippen LogP contribution in [0.1, 0.15) is 19.4 Å². The molecule has 238 valence electrons. The minimum Gasteiger partial charge on any atom is -0.488 e. The lowest BCUT2D eigenvalue weighted by Gasteiger charge is -2.33. The van der Waals surface area contributed by atoms with Crippen LogP contribution >= 0.6 is 0 Å². The summed E-state index contributed by atoms with van der Waals surface area (Å²) in [6, 6.07) is 17.5. The fourth-order valence-electron chi connectivity index (χ4n) is 5.38. The zero-order chi connectivity index (χ0) is 32.3. The molecule has 0 saturated heterocycles. The maximum absolute atomic E-state index is 13.5. The average Bonchev–Trinajstić information content (AvgIpc) is 3.48. The Bertz CT molecular complexity index is 1800. The van der Waals surface area contributed by atoms with Crippen LogP contribution in [0.3, 0.4) is 0 Å². The largest absolute Gasteiger partial charge is 0.488 e. The average molecular weight is 635 g/mol. The molecule has 12 nitrogen and oxygen atoms in total. The van der Waals surface area contributed by atoms with E-state index in [0.717, 1.165) is 10.8 Å². The van der Waals surface area contributed by atoms with Gasteiger partial charge in [-0.05, 0) is 36.6 Å². The Labute approximate surface area is 262 Å². The van der Waals surface area contributed by atoms with Gasteiger partial charge in [-0.25, -0.2) is 18.2 Å². The summed E-state index contributed by atoms with van der Waals surface area (Å²) in [5.41, 5.74) is 1.62. The lowest BCUT2D eigenvalue weighted by atomic mass is 10.0. The number of rotatable bonds is 8. The molecule has 5 rings (SSSR count). The number of aliphatic hydroxyl groups excluding tert-OH is 1. The van der Waals surface area contributed by atoms with Crippen molar-refractivity contribution in [1.82, 2.24) is 18.8 Å².